The van der Waals surface area contributed by atoms with Crippen molar-refractivity contribution in [2.75, 3.05) is 6.54 Å². The molecule has 2 rings (SSSR count). The van der Waals surface area contributed by atoms with Crippen LogP contribution in [0.25, 0.3) is 10.9 Å². The molecule has 0 amide bonds. The molecule has 0 spiro atoms. The Morgan fingerprint density at radius 3 is 2.94 bits per heavy atom. The summed E-state index contributed by atoms with van der Waals surface area (Å²) in [6, 6.07) is 10.4. The van der Waals surface area contributed by atoms with Gasteiger partial charge in [-0.05, 0) is 24.2 Å². The van der Waals surface area contributed by atoms with Crippen LogP contribution in [0.1, 0.15) is 18.5 Å². The average molecular weight is 212 g/mol. The molecule has 0 aliphatic carbocycles. The van der Waals surface area contributed by atoms with Gasteiger partial charge >= 0.3 is 0 Å². The van der Waals surface area contributed by atoms with E-state index < -0.39 is 0 Å². The predicted octanol–water partition coefficient (Wildman–Crippen LogP) is 3.07. The van der Waals surface area contributed by atoms with Crippen LogP contribution in [0.4, 0.5) is 0 Å². The van der Waals surface area contributed by atoms with Gasteiger partial charge in [-0.1, -0.05) is 31.2 Å². The summed E-state index contributed by atoms with van der Waals surface area (Å²) in [6.45, 7) is 6.90. The normalized spacial score (nSPS) is 12.6. The molecule has 16 heavy (non-hydrogen) atoms. The zero-order chi connectivity index (χ0) is 11.4. The largest absolute Gasteiger partial charge is 0.307 e. The number of fused-ring (bicyclic) bond motifs is 1. The van der Waals surface area contributed by atoms with Crippen molar-refractivity contribution >= 4 is 10.9 Å². The van der Waals surface area contributed by atoms with E-state index in [0.29, 0.717) is 0 Å². The van der Waals surface area contributed by atoms with Gasteiger partial charge in [-0.3, -0.25) is 4.98 Å². The highest BCUT2D eigenvalue weighted by molar-refractivity contribution is 5.82. The van der Waals surface area contributed by atoms with Gasteiger partial charge in [0.05, 0.1) is 11.6 Å². The van der Waals surface area contributed by atoms with E-state index in [9.17, 15) is 0 Å². The van der Waals surface area contributed by atoms with Crippen molar-refractivity contribution in [3.8, 4) is 0 Å². The van der Waals surface area contributed by atoms with Crippen LogP contribution >= 0.6 is 0 Å². The maximum atomic E-state index is 4.36. The molecule has 0 saturated heterocycles. The zero-order valence-electron chi connectivity index (χ0n) is 9.48. The fourth-order valence-electron chi connectivity index (χ4n) is 1.93. The van der Waals surface area contributed by atoms with Gasteiger partial charge in [0.1, 0.15) is 0 Å². The van der Waals surface area contributed by atoms with E-state index in [2.05, 4.69) is 35.9 Å². The van der Waals surface area contributed by atoms with Crippen LogP contribution in [0.2, 0.25) is 0 Å². The molecular formula is C14H16N2. The van der Waals surface area contributed by atoms with Gasteiger partial charge in [-0.2, -0.15) is 0 Å². The Morgan fingerprint density at radius 1 is 1.38 bits per heavy atom. The number of nitrogens with one attached hydrogen (secondary N) is 1. The molecule has 2 heteroatoms. The summed E-state index contributed by atoms with van der Waals surface area (Å²) >= 11 is 0. The number of hydrogen-bond acceptors (Lipinski definition) is 2. The van der Waals surface area contributed by atoms with Crippen molar-refractivity contribution in [1.29, 1.82) is 0 Å². The van der Waals surface area contributed by atoms with Crippen molar-refractivity contribution < 1.29 is 0 Å². The van der Waals surface area contributed by atoms with Crippen molar-refractivity contribution in [2.45, 2.75) is 13.0 Å². The number of aromatic nitrogens is 1. The van der Waals surface area contributed by atoms with E-state index in [1.54, 1.807) is 0 Å². The summed E-state index contributed by atoms with van der Waals surface area (Å²) in [4.78, 5) is 4.36. The molecule has 0 aliphatic rings. The molecule has 0 bridgehead atoms. The Balaban J connectivity index is 2.54. The number of benzene rings is 1. The zero-order valence-corrected chi connectivity index (χ0v) is 9.48. The molecule has 0 radical (unpaired) electrons. The minimum absolute atomic E-state index is 0.192. The molecule has 1 heterocycles. The van der Waals surface area contributed by atoms with E-state index in [4.69, 9.17) is 0 Å². The van der Waals surface area contributed by atoms with Gasteiger partial charge in [0.25, 0.3) is 0 Å². The van der Waals surface area contributed by atoms with E-state index in [1.165, 1.54) is 10.9 Å². The third-order valence-electron chi connectivity index (χ3n) is 2.68. The number of rotatable bonds is 4. The van der Waals surface area contributed by atoms with E-state index in [-0.39, 0.29) is 6.04 Å². The summed E-state index contributed by atoms with van der Waals surface area (Å²) in [5.74, 6) is 0. The number of likely N-dealkylation sites (N-methyl/N-ethyl adjacent to an activating group) is 1. The Morgan fingerprint density at radius 2 is 2.19 bits per heavy atom. The standard InChI is InChI=1S/C14H16N2/c1-3-13(15-4-2)12-9-10-16-14-8-6-5-7-11(12)14/h3,5-10,13,15H,1,4H2,2H3. The van der Waals surface area contributed by atoms with Gasteiger partial charge in [0.15, 0.2) is 0 Å². The summed E-state index contributed by atoms with van der Waals surface area (Å²) in [7, 11) is 0. The quantitative estimate of drug-likeness (QED) is 0.788. The highest BCUT2D eigenvalue weighted by atomic mass is 14.9. The maximum Gasteiger partial charge on any atom is 0.0705 e. The molecule has 0 saturated carbocycles. The third-order valence-corrected chi connectivity index (χ3v) is 2.68. The highest BCUT2D eigenvalue weighted by Gasteiger charge is 2.09. The maximum absolute atomic E-state index is 4.36. The number of para-hydroxylation sites is 1. The Bertz CT molecular complexity index is 486. The van der Waals surface area contributed by atoms with Crippen molar-refractivity contribution in [3.63, 3.8) is 0 Å². The lowest BCUT2D eigenvalue weighted by Gasteiger charge is -2.15. The lowest BCUT2D eigenvalue weighted by molar-refractivity contribution is 0.652. The van der Waals surface area contributed by atoms with Crippen LogP contribution in [-0.4, -0.2) is 11.5 Å². The van der Waals surface area contributed by atoms with E-state index in [0.717, 1.165) is 12.1 Å². The number of pyridine rings is 1. The summed E-state index contributed by atoms with van der Waals surface area (Å²) in [6.07, 6.45) is 3.79. The minimum Gasteiger partial charge on any atom is -0.307 e. The summed E-state index contributed by atoms with van der Waals surface area (Å²) in [5, 5.41) is 4.59. The van der Waals surface area contributed by atoms with Gasteiger partial charge in [-0.25, -0.2) is 0 Å². The number of nitrogens with zero attached hydrogens (tertiary/aromatic N) is 1. The van der Waals surface area contributed by atoms with Crippen LogP contribution in [0.15, 0.2) is 49.2 Å². The van der Waals surface area contributed by atoms with Crippen molar-refractivity contribution in [2.24, 2.45) is 0 Å². The molecule has 0 fully saturated rings. The fraction of sp³-hybridized carbons (Fsp3) is 0.214. The van der Waals surface area contributed by atoms with Crippen LogP contribution in [0.3, 0.4) is 0 Å². The van der Waals surface area contributed by atoms with Crippen LogP contribution < -0.4 is 5.32 Å². The summed E-state index contributed by atoms with van der Waals surface area (Å²) in [5.41, 5.74) is 2.27. The topological polar surface area (TPSA) is 24.9 Å². The fourth-order valence-corrected chi connectivity index (χ4v) is 1.93. The molecule has 1 N–H and O–H groups in total. The first kappa shape index (κ1) is 10.8. The third kappa shape index (κ3) is 1.97. The van der Waals surface area contributed by atoms with Gasteiger partial charge < -0.3 is 5.32 Å². The first-order valence-electron chi connectivity index (χ1n) is 5.56. The molecule has 1 atom stereocenters. The molecule has 0 aliphatic heterocycles. The average Bonchev–Trinajstić information content (AvgIpc) is 2.35. The SMILES string of the molecule is C=CC(NCC)c1ccnc2ccccc12. The second-order valence-electron chi connectivity index (χ2n) is 3.69. The summed E-state index contributed by atoms with van der Waals surface area (Å²) < 4.78 is 0. The van der Waals surface area contributed by atoms with Crippen LogP contribution in [0.5, 0.6) is 0 Å². The Kier molecular flexibility index (Phi) is 3.32. The van der Waals surface area contributed by atoms with Crippen LogP contribution in [0, 0.1) is 0 Å². The molecule has 2 nitrogen and oxygen atoms in total. The second kappa shape index (κ2) is 4.90. The molecule has 2 aromatic rings. The second-order valence-corrected chi connectivity index (χ2v) is 3.69. The van der Waals surface area contributed by atoms with Crippen molar-refractivity contribution in [1.82, 2.24) is 10.3 Å². The highest BCUT2D eigenvalue weighted by Crippen LogP contribution is 2.23. The van der Waals surface area contributed by atoms with Crippen LogP contribution in [-0.2, 0) is 0 Å². The molecular weight excluding hydrogens is 196 g/mol. The first-order valence-corrected chi connectivity index (χ1v) is 5.56. The first-order chi connectivity index (χ1) is 7.86. The smallest absolute Gasteiger partial charge is 0.0705 e. The molecule has 1 unspecified atom stereocenters. The van der Waals surface area contributed by atoms with Crippen molar-refractivity contribution in [3.05, 3.63) is 54.7 Å². The van der Waals surface area contributed by atoms with E-state index >= 15 is 0 Å². The van der Waals surface area contributed by atoms with Gasteiger partial charge in [-0.15, -0.1) is 6.58 Å². The minimum atomic E-state index is 0.192. The Hall–Kier alpha value is -1.67. The lowest BCUT2D eigenvalue weighted by atomic mass is 10.0. The molecule has 1 aromatic carbocycles. The van der Waals surface area contributed by atoms with Gasteiger partial charge in [0.2, 0.25) is 0 Å². The molecule has 1 aromatic heterocycles. The number of hydrogen-bond donors (Lipinski definition) is 1. The lowest BCUT2D eigenvalue weighted by Crippen LogP contribution is -2.18. The Labute approximate surface area is 96.0 Å². The monoisotopic (exact) mass is 212 g/mol. The van der Waals surface area contributed by atoms with Gasteiger partial charge in [0, 0.05) is 11.6 Å². The van der Waals surface area contributed by atoms with E-state index in [1.807, 2.05) is 30.5 Å². The molecule has 82 valence electrons. The predicted molar refractivity (Wildman–Crippen MR) is 68.4 cm³/mol.